The lowest BCUT2D eigenvalue weighted by Crippen LogP contribution is -2.26. The Balaban J connectivity index is 0.754. The second-order valence-electron chi connectivity index (χ2n) is 22.2. The molecule has 4 aliphatic rings. The van der Waals surface area contributed by atoms with Crippen molar-refractivity contribution >= 4 is 77.2 Å². The van der Waals surface area contributed by atoms with E-state index in [1.165, 1.54) is 110 Å². The van der Waals surface area contributed by atoms with Crippen molar-refractivity contribution in [1.29, 1.82) is 0 Å². The van der Waals surface area contributed by atoms with Crippen LogP contribution in [0.4, 0.5) is 34.1 Å². The summed E-state index contributed by atoms with van der Waals surface area (Å²) in [6.45, 7) is 0. The van der Waals surface area contributed by atoms with E-state index >= 15 is 0 Å². The lowest BCUT2D eigenvalue weighted by atomic mass is 9.70. The molecule has 0 saturated carbocycles. The first-order valence-electron chi connectivity index (χ1n) is 28.0. The normalized spacial score (nSPS) is 13.9. The van der Waals surface area contributed by atoms with Gasteiger partial charge < -0.3 is 9.80 Å². The Kier molecular flexibility index (Phi) is 8.83. The molecule has 14 aromatic rings. The third-order valence-electron chi connectivity index (χ3n) is 18.5. The summed E-state index contributed by atoms with van der Waals surface area (Å²) in [4.78, 5) is 4.89. The van der Waals surface area contributed by atoms with Gasteiger partial charge in [0, 0.05) is 34.1 Å². The average molecular weight is 1010 g/mol. The molecule has 0 aliphatic heterocycles. The van der Waals surface area contributed by atoms with E-state index in [1.54, 1.807) is 0 Å². The number of anilines is 6. The van der Waals surface area contributed by atoms with Crippen molar-refractivity contribution in [3.05, 3.63) is 336 Å². The van der Waals surface area contributed by atoms with Gasteiger partial charge in [0.25, 0.3) is 0 Å². The zero-order chi connectivity index (χ0) is 52.3. The highest BCUT2D eigenvalue weighted by atomic mass is 15.1. The minimum atomic E-state index is -0.445. The molecule has 2 nitrogen and oxygen atoms in total. The van der Waals surface area contributed by atoms with E-state index in [0.29, 0.717) is 0 Å². The maximum Gasteiger partial charge on any atom is 0.0726 e. The van der Waals surface area contributed by atoms with Gasteiger partial charge in [-0.05, 0) is 194 Å². The van der Waals surface area contributed by atoms with Gasteiger partial charge in [0.05, 0.1) is 10.8 Å². The molecule has 0 radical (unpaired) electrons. The molecule has 0 bridgehead atoms. The fraction of sp³-hybridized carbons (Fsp3) is 0.0256. The van der Waals surface area contributed by atoms with Crippen LogP contribution < -0.4 is 9.80 Å². The lowest BCUT2D eigenvalue weighted by Gasteiger charge is -2.32. The number of benzene rings is 14. The molecule has 0 unspecified atom stereocenters. The molecule has 0 atom stereocenters. The smallest absolute Gasteiger partial charge is 0.0726 e. The molecule has 80 heavy (non-hydrogen) atoms. The number of hydrogen-bond acceptors (Lipinski definition) is 2. The topological polar surface area (TPSA) is 6.48 Å². The zero-order valence-corrected chi connectivity index (χ0v) is 43.6. The summed E-state index contributed by atoms with van der Waals surface area (Å²) >= 11 is 0. The van der Waals surface area contributed by atoms with Crippen LogP contribution in [0.5, 0.6) is 0 Å². The minimum absolute atomic E-state index is 0.445. The monoisotopic (exact) mass is 1010 g/mol. The van der Waals surface area contributed by atoms with Crippen LogP contribution in [0.1, 0.15) is 44.5 Å². The zero-order valence-electron chi connectivity index (χ0n) is 43.6. The molecule has 18 rings (SSSR count). The van der Waals surface area contributed by atoms with E-state index in [-0.39, 0.29) is 0 Å². The van der Waals surface area contributed by atoms with Crippen molar-refractivity contribution in [2.45, 2.75) is 10.8 Å². The fourth-order valence-electron chi connectivity index (χ4n) is 15.5. The van der Waals surface area contributed by atoms with Crippen LogP contribution >= 0.6 is 0 Å². The Hall–Kier alpha value is -10.3. The highest BCUT2D eigenvalue weighted by Crippen LogP contribution is 2.65. The molecule has 0 heterocycles. The molecule has 0 aromatic heterocycles. The van der Waals surface area contributed by atoms with Crippen molar-refractivity contribution in [1.82, 2.24) is 0 Å². The molecule has 14 aromatic carbocycles. The molecule has 2 spiro atoms. The van der Waals surface area contributed by atoms with Gasteiger partial charge in [0.1, 0.15) is 0 Å². The van der Waals surface area contributed by atoms with Gasteiger partial charge >= 0.3 is 0 Å². The Labute approximate surface area is 464 Å². The number of fused-ring (bicyclic) bond motifs is 14. The Morgan fingerprint density at radius 1 is 0.188 bits per heavy atom. The first kappa shape index (κ1) is 43.8. The van der Waals surface area contributed by atoms with Crippen LogP contribution in [0.3, 0.4) is 0 Å². The van der Waals surface area contributed by atoms with Crippen LogP contribution in [0.25, 0.3) is 76.5 Å². The van der Waals surface area contributed by atoms with E-state index in [0.717, 1.165) is 45.3 Å². The van der Waals surface area contributed by atoms with E-state index in [9.17, 15) is 0 Å². The molecule has 0 N–H and O–H groups in total. The van der Waals surface area contributed by atoms with Gasteiger partial charge in [-0.25, -0.2) is 0 Å². The SMILES string of the molecule is c1ccc(N(c2ccc(-c3ccc(N(c4ccccc4)c4cc5c6c(ccc7cccc(c76)C56c5ccccc5-c5ccccc56)c4)cc3)cc2)c2cc3c4c(ccc5cccc(c54)C34c3ccccc3-c3ccccc34)c2)cc1. The predicted octanol–water partition coefficient (Wildman–Crippen LogP) is 20.3. The number of rotatable bonds is 7. The number of para-hydroxylation sites is 2. The van der Waals surface area contributed by atoms with Crippen LogP contribution in [0.2, 0.25) is 0 Å². The van der Waals surface area contributed by atoms with Crippen LogP contribution in [0.15, 0.2) is 291 Å². The minimum Gasteiger partial charge on any atom is -0.310 e. The number of hydrogen-bond donors (Lipinski definition) is 0. The highest BCUT2D eigenvalue weighted by Gasteiger charge is 2.52. The molecular weight excluding hydrogens is 965 g/mol. The van der Waals surface area contributed by atoms with Gasteiger partial charge in [-0.15, -0.1) is 0 Å². The van der Waals surface area contributed by atoms with Crippen molar-refractivity contribution in [2.75, 3.05) is 9.80 Å². The van der Waals surface area contributed by atoms with Gasteiger partial charge in [-0.2, -0.15) is 0 Å². The molecule has 0 amide bonds. The molecule has 370 valence electrons. The van der Waals surface area contributed by atoms with Gasteiger partial charge in [-0.1, -0.05) is 218 Å². The second kappa shape index (κ2) is 16.1. The molecular formula is C78H48N2. The Morgan fingerprint density at radius 3 is 0.863 bits per heavy atom. The predicted molar refractivity (Wildman–Crippen MR) is 333 cm³/mol. The van der Waals surface area contributed by atoms with E-state index < -0.39 is 10.8 Å². The van der Waals surface area contributed by atoms with Crippen molar-refractivity contribution in [3.63, 3.8) is 0 Å². The summed E-state index contributed by atoms with van der Waals surface area (Å²) in [5, 5.41) is 10.5. The summed E-state index contributed by atoms with van der Waals surface area (Å²) in [5.74, 6) is 0. The average Bonchev–Trinajstić information content (AvgIpc) is 3.56. The lowest BCUT2D eigenvalue weighted by molar-refractivity contribution is 0.797. The summed E-state index contributed by atoms with van der Waals surface area (Å²) in [7, 11) is 0. The van der Waals surface area contributed by atoms with Crippen LogP contribution in [-0.4, -0.2) is 0 Å². The van der Waals surface area contributed by atoms with E-state index in [4.69, 9.17) is 0 Å². The Bertz CT molecular complexity index is 4530. The first-order valence-corrected chi connectivity index (χ1v) is 28.0. The summed E-state index contributed by atoms with van der Waals surface area (Å²) in [5.41, 5.74) is 24.3. The van der Waals surface area contributed by atoms with E-state index in [1.807, 2.05) is 0 Å². The summed E-state index contributed by atoms with van der Waals surface area (Å²) in [6, 6.07) is 109. The largest absolute Gasteiger partial charge is 0.310 e. The van der Waals surface area contributed by atoms with Gasteiger partial charge in [0.15, 0.2) is 0 Å². The highest BCUT2D eigenvalue weighted by molar-refractivity contribution is 6.20. The van der Waals surface area contributed by atoms with Crippen molar-refractivity contribution in [2.24, 2.45) is 0 Å². The second-order valence-corrected chi connectivity index (χ2v) is 22.2. The molecule has 0 saturated heterocycles. The van der Waals surface area contributed by atoms with Crippen molar-refractivity contribution in [3.8, 4) is 33.4 Å². The number of nitrogens with zero attached hydrogens (tertiary/aromatic N) is 2. The Morgan fingerprint density at radius 2 is 0.487 bits per heavy atom. The van der Waals surface area contributed by atoms with Crippen LogP contribution in [-0.2, 0) is 10.8 Å². The summed E-state index contributed by atoms with van der Waals surface area (Å²) < 4.78 is 0. The third-order valence-corrected chi connectivity index (χ3v) is 18.5. The van der Waals surface area contributed by atoms with Crippen molar-refractivity contribution < 1.29 is 0 Å². The van der Waals surface area contributed by atoms with Gasteiger partial charge in [0.2, 0.25) is 0 Å². The molecule has 0 fully saturated rings. The molecule has 2 heteroatoms. The van der Waals surface area contributed by atoms with E-state index in [2.05, 4.69) is 301 Å². The maximum absolute atomic E-state index is 2.51. The quantitative estimate of drug-likeness (QED) is 0.147. The van der Waals surface area contributed by atoms with Gasteiger partial charge in [-0.3, -0.25) is 0 Å². The molecule has 4 aliphatic carbocycles. The maximum atomic E-state index is 2.51. The third kappa shape index (κ3) is 5.61. The first-order chi connectivity index (χ1) is 39.7. The standard InChI is InChI=1S/C78H48N2/c1-3-19-55(20-4-1)79(59-45-53-35-33-51-17-15-31-69-73(51)75(53)71(47-59)77(69)65-27-11-7-23-61(65)62-24-8-12-28-66(62)77)57-41-37-49(38-42-57)50-39-43-58(44-40-50)80(56-21-5-2-6-22-56)60-46-54-36-34-52-18-16-32-70-74(52)76(54)72(48-60)78(70)67-29-13-9-25-63(67)64-26-10-14-30-68(64)78/h1-48H. The van der Waals surface area contributed by atoms with Crippen LogP contribution in [0, 0.1) is 0 Å². The fourth-order valence-corrected chi connectivity index (χ4v) is 15.5. The summed E-state index contributed by atoms with van der Waals surface area (Å²) in [6.07, 6.45) is 0.